The zero-order valence-electron chi connectivity index (χ0n) is 19.8. The number of ether oxygens (including phenoxy) is 2. The molecule has 6 atom stereocenters. The molecule has 36 heavy (non-hydrogen) atoms. The fourth-order valence-electron chi connectivity index (χ4n) is 4.10. The Kier molecular flexibility index (Phi) is 8.77. The van der Waals surface area contributed by atoms with Crippen LogP contribution in [0.25, 0.3) is 11.1 Å². The maximum Gasteiger partial charge on any atom is 0.364 e. The number of carbonyl (C=O) groups excluding carboxylic acids is 2. The average Bonchev–Trinajstić information content (AvgIpc) is 2.88. The summed E-state index contributed by atoms with van der Waals surface area (Å²) in [6.07, 6.45) is -6.99. The van der Waals surface area contributed by atoms with Gasteiger partial charge in [0.05, 0.1) is 18.2 Å². The molecule has 0 aliphatic carbocycles. The zero-order valence-corrected chi connectivity index (χ0v) is 19.8. The summed E-state index contributed by atoms with van der Waals surface area (Å²) in [6.45, 7) is 0.751. The third-order valence-corrected chi connectivity index (χ3v) is 6.06. The number of amides is 2. The van der Waals surface area contributed by atoms with Gasteiger partial charge in [0.15, 0.2) is 0 Å². The molecular formula is C25H30N2O9. The van der Waals surface area contributed by atoms with Crippen molar-refractivity contribution in [3.8, 4) is 11.1 Å². The molecule has 0 radical (unpaired) electrons. The summed E-state index contributed by atoms with van der Waals surface area (Å²) in [5, 5.41) is 46.3. The molecule has 11 nitrogen and oxygen atoms in total. The smallest absolute Gasteiger partial charge is 0.364 e. The van der Waals surface area contributed by atoms with E-state index in [-0.39, 0.29) is 0 Å². The molecule has 1 saturated heterocycles. The second kappa shape index (κ2) is 11.6. The van der Waals surface area contributed by atoms with Gasteiger partial charge in [0.2, 0.25) is 5.91 Å². The van der Waals surface area contributed by atoms with Gasteiger partial charge in [-0.25, -0.2) is 4.79 Å². The van der Waals surface area contributed by atoms with Crippen molar-refractivity contribution in [3.05, 3.63) is 60.2 Å². The van der Waals surface area contributed by atoms with Crippen molar-refractivity contribution in [2.24, 2.45) is 0 Å². The predicted molar refractivity (Wildman–Crippen MR) is 127 cm³/mol. The fourth-order valence-corrected chi connectivity index (χ4v) is 4.10. The number of aliphatic hydroxyl groups is 3. The van der Waals surface area contributed by atoms with E-state index in [1.54, 1.807) is 24.3 Å². The van der Waals surface area contributed by atoms with E-state index < -0.39 is 67.0 Å². The minimum Gasteiger partial charge on any atom is -0.477 e. The Labute approximate surface area is 207 Å². The van der Waals surface area contributed by atoms with E-state index in [0.29, 0.717) is 5.56 Å². The summed E-state index contributed by atoms with van der Waals surface area (Å²) in [5.41, 5.74) is 2.22. The monoisotopic (exact) mass is 502 g/mol. The number of hydrogen-bond donors (Lipinski definition) is 6. The molecule has 194 valence electrons. The van der Waals surface area contributed by atoms with Crippen molar-refractivity contribution in [1.29, 1.82) is 0 Å². The van der Waals surface area contributed by atoms with Gasteiger partial charge in [0.25, 0.3) is 11.7 Å². The van der Waals surface area contributed by atoms with Crippen molar-refractivity contribution in [2.45, 2.75) is 49.6 Å². The predicted octanol–water partition coefficient (Wildman–Crippen LogP) is -0.113. The molecule has 2 aromatic rings. The van der Waals surface area contributed by atoms with Crippen LogP contribution in [0, 0.1) is 0 Å². The van der Waals surface area contributed by atoms with Crippen LogP contribution in [0.4, 0.5) is 0 Å². The van der Waals surface area contributed by atoms with Gasteiger partial charge in [0.1, 0.15) is 12.2 Å². The van der Waals surface area contributed by atoms with Crippen LogP contribution < -0.4 is 10.6 Å². The van der Waals surface area contributed by atoms with Gasteiger partial charge in [-0.15, -0.1) is 0 Å². The Morgan fingerprint density at radius 3 is 2.25 bits per heavy atom. The molecule has 0 saturated carbocycles. The van der Waals surface area contributed by atoms with Crippen LogP contribution in [0.5, 0.6) is 0 Å². The maximum atomic E-state index is 12.6. The first-order valence-corrected chi connectivity index (χ1v) is 11.3. The number of benzene rings is 2. The van der Waals surface area contributed by atoms with Crippen LogP contribution in [0.1, 0.15) is 23.7 Å². The Morgan fingerprint density at radius 1 is 1.08 bits per heavy atom. The van der Waals surface area contributed by atoms with Crippen molar-refractivity contribution >= 4 is 17.8 Å². The lowest BCUT2D eigenvalue weighted by atomic mass is 9.88. The highest BCUT2D eigenvalue weighted by atomic mass is 16.7. The maximum absolute atomic E-state index is 12.6. The number of nitrogens with one attached hydrogen (secondary N) is 2. The number of hydrogen-bond acceptors (Lipinski definition) is 8. The lowest BCUT2D eigenvalue weighted by Gasteiger charge is -2.46. The number of aliphatic hydroxyl groups excluding tert-OH is 3. The van der Waals surface area contributed by atoms with E-state index in [9.17, 15) is 34.8 Å². The summed E-state index contributed by atoms with van der Waals surface area (Å²) < 4.78 is 10.4. The molecule has 1 heterocycles. The molecule has 0 aromatic heterocycles. The van der Waals surface area contributed by atoms with E-state index in [1.165, 1.54) is 6.92 Å². The highest BCUT2D eigenvalue weighted by Crippen LogP contribution is 2.33. The van der Waals surface area contributed by atoms with Crippen LogP contribution in [0.15, 0.2) is 54.6 Å². The van der Waals surface area contributed by atoms with E-state index in [1.807, 2.05) is 30.3 Å². The normalized spacial score (nSPS) is 25.4. The lowest BCUT2D eigenvalue weighted by Crippen LogP contribution is -2.68. The molecular weight excluding hydrogens is 472 g/mol. The van der Waals surface area contributed by atoms with Crippen molar-refractivity contribution in [3.63, 3.8) is 0 Å². The van der Waals surface area contributed by atoms with Gasteiger partial charge < -0.3 is 40.5 Å². The molecule has 0 spiro atoms. The molecule has 2 aromatic carbocycles. The van der Waals surface area contributed by atoms with Crippen LogP contribution in [0.2, 0.25) is 0 Å². The minimum absolute atomic E-state index is 0.320. The minimum atomic E-state index is -2.30. The van der Waals surface area contributed by atoms with Gasteiger partial charge in [-0.1, -0.05) is 42.5 Å². The van der Waals surface area contributed by atoms with Crippen LogP contribution >= 0.6 is 0 Å². The first-order valence-electron chi connectivity index (χ1n) is 11.3. The SMILES string of the molecule is CO[C@]1(C(=O)O)CC(O)[C@@H](NC(C)=O)C([C@@H](O)[C@H](O)CNC(=O)c2ccc(-c3ccccc3)cc2)O1. The van der Waals surface area contributed by atoms with E-state index >= 15 is 0 Å². The third-order valence-electron chi connectivity index (χ3n) is 6.06. The molecule has 1 aliphatic rings. The Bertz CT molecular complexity index is 1060. The number of carbonyl (C=O) groups is 3. The zero-order chi connectivity index (χ0) is 26.5. The second-order valence-corrected chi connectivity index (χ2v) is 8.55. The molecule has 11 heteroatoms. The lowest BCUT2D eigenvalue weighted by molar-refractivity contribution is -0.303. The molecule has 1 aliphatic heterocycles. The van der Waals surface area contributed by atoms with Gasteiger partial charge in [0, 0.05) is 32.6 Å². The average molecular weight is 503 g/mol. The standard InChI is InChI=1S/C25H30N2O9/c1-14(28)27-20-18(29)12-25(35-2,24(33)34)36-22(20)21(31)19(30)13-26-23(32)17-10-8-16(9-11-17)15-6-4-3-5-7-15/h3-11,18-22,29-31H,12-13H2,1-2H3,(H,26,32)(H,27,28)(H,33,34)/t18?,19-,20-,21+,22?,25-/m1/s1. The molecule has 6 N–H and O–H groups in total. The fraction of sp³-hybridized carbons (Fsp3) is 0.400. The molecule has 0 bridgehead atoms. The summed E-state index contributed by atoms with van der Waals surface area (Å²) in [7, 11) is 1.06. The largest absolute Gasteiger partial charge is 0.477 e. The highest BCUT2D eigenvalue weighted by molar-refractivity contribution is 5.94. The first kappa shape index (κ1) is 27.2. The van der Waals surface area contributed by atoms with Crippen molar-refractivity contribution in [2.75, 3.05) is 13.7 Å². The summed E-state index contributed by atoms with van der Waals surface area (Å²) in [4.78, 5) is 35.9. The first-order chi connectivity index (χ1) is 17.1. The topological polar surface area (TPSA) is 175 Å². The number of carboxylic acids is 1. The molecule has 3 rings (SSSR count). The van der Waals surface area contributed by atoms with Crippen LogP contribution in [-0.4, -0.2) is 88.1 Å². The Balaban J connectivity index is 1.68. The molecule has 1 fully saturated rings. The summed E-state index contributed by atoms with van der Waals surface area (Å²) in [6, 6.07) is 15.1. The number of carboxylic acid groups (broad SMARTS) is 1. The van der Waals surface area contributed by atoms with Crippen molar-refractivity contribution in [1.82, 2.24) is 10.6 Å². The van der Waals surface area contributed by atoms with E-state index in [4.69, 9.17) is 9.47 Å². The van der Waals surface area contributed by atoms with Gasteiger partial charge in [-0.05, 0) is 23.3 Å². The summed E-state index contributed by atoms with van der Waals surface area (Å²) >= 11 is 0. The van der Waals surface area contributed by atoms with Gasteiger partial charge >= 0.3 is 5.97 Å². The second-order valence-electron chi connectivity index (χ2n) is 8.55. The Morgan fingerprint density at radius 2 is 1.69 bits per heavy atom. The van der Waals surface area contributed by atoms with E-state index in [2.05, 4.69) is 10.6 Å². The quantitative estimate of drug-likeness (QED) is 0.273. The molecule has 2 unspecified atom stereocenters. The number of methoxy groups -OCH3 is 1. The number of aliphatic carboxylic acids is 1. The Hall–Kier alpha value is -3.35. The van der Waals surface area contributed by atoms with Crippen LogP contribution in [0.3, 0.4) is 0 Å². The van der Waals surface area contributed by atoms with E-state index in [0.717, 1.165) is 18.2 Å². The van der Waals surface area contributed by atoms with Crippen LogP contribution in [-0.2, 0) is 19.1 Å². The van der Waals surface area contributed by atoms with Crippen molar-refractivity contribution < 1.29 is 44.3 Å². The van der Waals surface area contributed by atoms with Gasteiger partial charge in [-0.3, -0.25) is 9.59 Å². The van der Waals surface area contributed by atoms with Gasteiger partial charge in [-0.2, -0.15) is 0 Å². The summed E-state index contributed by atoms with van der Waals surface area (Å²) in [5.74, 6) is -4.93. The highest BCUT2D eigenvalue weighted by Gasteiger charge is 2.55. The molecule has 2 amide bonds. The third kappa shape index (κ3) is 6.07. The number of rotatable bonds is 9.